The first-order chi connectivity index (χ1) is 20.6. The summed E-state index contributed by atoms with van der Waals surface area (Å²) >= 11 is 0. The molecule has 0 radical (unpaired) electrons. The Hall–Kier alpha value is -3.73. The summed E-state index contributed by atoms with van der Waals surface area (Å²) in [6, 6.07) is 22.3. The van der Waals surface area contributed by atoms with Gasteiger partial charge in [-0.05, 0) is 67.6 Å². The zero-order valence-electron chi connectivity index (χ0n) is 25.4. The van der Waals surface area contributed by atoms with Gasteiger partial charge < -0.3 is 19.7 Å². The van der Waals surface area contributed by atoms with E-state index in [0.29, 0.717) is 43.9 Å². The minimum atomic E-state index is -3.57. The second kappa shape index (κ2) is 16.8. The van der Waals surface area contributed by atoms with Crippen molar-refractivity contribution >= 4 is 21.8 Å². The van der Waals surface area contributed by atoms with E-state index in [1.165, 1.54) is 12.1 Å². The van der Waals surface area contributed by atoms with Gasteiger partial charge in [0.15, 0.2) is 0 Å². The molecule has 0 aliphatic carbocycles. The fraction of sp³-hybridized carbons (Fsp3) is 0.394. The van der Waals surface area contributed by atoms with E-state index in [9.17, 15) is 18.0 Å². The van der Waals surface area contributed by atoms with Gasteiger partial charge in [0.25, 0.3) is 0 Å². The number of hydrogen-bond acceptors (Lipinski definition) is 6. The molecule has 43 heavy (non-hydrogen) atoms. The van der Waals surface area contributed by atoms with Gasteiger partial charge in [-0.25, -0.2) is 13.1 Å². The third-order valence-corrected chi connectivity index (χ3v) is 8.34. The number of amides is 2. The van der Waals surface area contributed by atoms with E-state index < -0.39 is 16.1 Å². The third-order valence-electron chi connectivity index (χ3n) is 6.77. The molecule has 1 atom stereocenters. The van der Waals surface area contributed by atoms with Gasteiger partial charge >= 0.3 is 0 Å². The number of methoxy groups -OCH3 is 1. The second-order valence-electron chi connectivity index (χ2n) is 10.4. The number of ether oxygens (including phenoxy) is 2. The van der Waals surface area contributed by atoms with Crippen LogP contribution < -0.4 is 14.8 Å². The molecular formula is C33H43N3O6S. The van der Waals surface area contributed by atoms with Crippen molar-refractivity contribution in [3.8, 4) is 5.75 Å². The number of nitrogens with zero attached hydrogens (tertiary/aromatic N) is 1. The molecule has 0 bridgehead atoms. The summed E-state index contributed by atoms with van der Waals surface area (Å²) in [5.41, 5.74) is 2.38. The summed E-state index contributed by atoms with van der Waals surface area (Å²) in [6.07, 6.45) is 1.28. The number of sulfonamides is 1. The molecule has 0 saturated heterocycles. The Morgan fingerprint density at radius 1 is 0.907 bits per heavy atom. The van der Waals surface area contributed by atoms with Crippen LogP contribution in [0.2, 0.25) is 0 Å². The molecule has 0 spiro atoms. The van der Waals surface area contributed by atoms with E-state index in [-0.39, 0.29) is 35.8 Å². The average molecular weight is 610 g/mol. The van der Waals surface area contributed by atoms with Gasteiger partial charge in [0.05, 0.1) is 18.1 Å². The van der Waals surface area contributed by atoms with Crippen LogP contribution in [0.3, 0.4) is 0 Å². The highest BCUT2D eigenvalue weighted by Crippen LogP contribution is 2.26. The summed E-state index contributed by atoms with van der Waals surface area (Å²) in [4.78, 5) is 29.4. The molecular weight excluding hydrogens is 566 g/mol. The Balaban J connectivity index is 1.85. The van der Waals surface area contributed by atoms with Gasteiger partial charge in [-0.15, -0.1) is 0 Å². The third kappa shape index (κ3) is 10.5. The number of rotatable bonds is 17. The lowest BCUT2D eigenvalue weighted by molar-refractivity contribution is -0.141. The van der Waals surface area contributed by atoms with Gasteiger partial charge in [-0.1, -0.05) is 61.5 Å². The van der Waals surface area contributed by atoms with Gasteiger partial charge in [-0.2, -0.15) is 0 Å². The van der Waals surface area contributed by atoms with Crippen molar-refractivity contribution < 1.29 is 27.5 Å². The largest absolute Gasteiger partial charge is 0.497 e. The molecule has 10 heteroatoms. The smallest absolute Gasteiger partial charge is 0.247 e. The molecule has 3 aromatic rings. The SMILES string of the molecule is CCNS(=O)(=O)c1ccc(CCC(=O)N(Cc2ccc(OC)cc2)[C@H](C(=O)NCCCOC(C)C)c2ccccc2)cc1. The maximum Gasteiger partial charge on any atom is 0.247 e. The Morgan fingerprint density at radius 3 is 2.16 bits per heavy atom. The van der Waals surface area contributed by atoms with E-state index in [2.05, 4.69) is 10.0 Å². The topological polar surface area (TPSA) is 114 Å². The van der Waals surface area contributed by atoms with Crippen LogP contribution in [0, 0.1) is 0 Å². The Morgan fingerprint density at radius 2 is 1.56 bits per heavy atom. The van der Waals surface area contributed by atoms with Crippen LogP contribution in [-0.4, -0.2) is 58.0 Å². The summed E-state index contributed by atoms with van der Waals surface area (Å²) in [5, 5.41) is 3.00. The predicted octanol–water partition coefficient (Wildman–Crippen LogP) is 4.63. The average Bonchev–Trinajstić information content (AvgIpc) is 3.00. The van der Waals surface area contributed by atoms with Crippen molar-refractivity contribution in [2.24, 2.45) is 0 Å². The number of carbonyl (C=O) groups excluding carboxylic acids is 2. The van der Waals surface area contributed by atoms with E-state index in [4.69, 9.17) is 9.47 Å². The van der Waals surface area contributed by atoms with E-state index in [0.717, 1.165) is 11.1 Å². The Bertz CT molecular complexity index is 1390. The van der Waals surface area contributed by atoms with E-state index in [1.54, 1.807) is 31.1 Å². The molecule has 0 unspecified atom stereocenters. The quantitative estimate of drug-likeness (QED) is 0.216. The second-order valence-corrected chi connectivity index (χ2v) is 12.2. The van der Waals surface area contributed by atoms with Gasteiger partial charge in [0, 0.05) is 32.7 Å². The molecule has 0 aliphatic rings. The molecule has 0 saturated carbocycles. The van der Waals surface area contributed by atoms with Crippen LogP contribution in [0.25, 0.3) is 0 Å². The molecule has 232 valence electrons. The highest BCUT2D eigenvalue weighted by molar-refractivity contribution is 7.89. The first-order valence-electron chi connectivity index (χ1n) is 14.6. The van der Waals surface area contributed by atoms with Crippen LogP contribution in [0.4, 0.5) is 0 Å². The summed E-state index contributed by atoms with van der Waals surface area (Å²) in [6.45, 7) is 7.11. The van der Waals surface area contributed by atoms with Crippen LogP contribution >= 0.6 is 0 Å². The predicted molar refractivity (Wildman–Crippen MR) is 167 cm³/mol. The molecule has 0 heterocycles. The molecule has 3 rings (SSSR count). The lowest BCUT2D eigenvalue weighted by Crippen LogP contribution is -2.44. The van der Waals surface area contributed by atoms with Crippen molar-refractivity contribution in [3.63, 3.8) is 0 Å². The lowest BCUT2D eigenvalue weighted by Gasteiger charge is -2.32. The van der Waals surface area contributed by atoms with Gasteiger partial charge in [-0.3, -0.25) is 9.59 Å². The number of aryl methyl sites for hydroxylation is 1. The fourth-order valence-corrected chi connectivity index (χ4v) is 5.60. The van der Waals surface area contributed by atoms with Crippen LogP contribution in [0.15, 0.2) is 83.8 Å². The molecule has 3 aromatic carbocycles. The minimum absolute atomic E-state index is 0.110. The maximum atomic E-state index is 13.9. The van der Waals surface area contributed by atoms with Gasteiger partial charge in [0.1, 0.15) is 11.8 Å². The van der Waals surface area contributed by atoms with Crippen molar-refractivity contribution in [2.45, 2.75) is 63.6 Å². The lowest BCUT2D eigenvalue weighted by atomic mass is 10.0. The van der Waals surface area contributed by atoms with Crippen molar-refractivity contribution in [2.75, 3.05) is 26.8 Å². The normalized spacial score (nSPS) is 12.1. The first-order valence-corrected chi connectivity index (χ1v) is 16.1. The molecule has 0 aromatic heterocycles. The van der Waals surface area contributed by atoms with Gasteiger partial charge in [0.2, 0.25) is 21.8 Å². The number of benzene rings is 3. The fourth-order valence-electron chi connectivity index (χ4n) is 4.56. The highest BCUT2D eigenvalue weighted by atomic mass is 32.2. The molecule has 0 aliphatic heterocycles. The summed E-state index contributed by atoms with van der Waals surface area (Å²) < 4.78 is 38.0. The van der Waals surface area contributed by atoms with Crippen LogP contribution in [0.1, 0.15) is 56.3 Å². The van der Waals surface area contributed by atoms with Crippen molar-refractivity contribution in [1.29, 1.82) is 0 Å². The van der Waals surface area contributed by atoms with Crippen molar-refractivity contribution in [3.05, 3.63) is 95.6 Å². The number of nitrogens with one attached hydrogen (secondary N) is 2. The zero-order valence-corrected chi connectivity index (χ0v) is 26.2. The zero-order chi connectivity index (χ0) is 31.2. The van der Waals surface area contributed by atoms with Crippen molar-refractivity contribution in [1.82, 2.24) is 14.9 Å². The number of carbonyl (C=O) groups is 2. The van der Waals surface area contributed by atoms with Crippen LogP contribution in [0.5, 0.6) is 5.75 Å². The minimum Gasteiger partial charge on any atom is -0.497 e. The number of hydrogen-bond donors (Lipinski definition) is 2. The van der Waals surface area contributed by atoms with Crippen LogP contribution in [-0.2, 0) is 37.3 Å². The molecule has 9 nitrogen and oxygen atoms in total. The standard InChI is InChI=1S/C33H43N3O6S/c1-5-35-43(39,40)30-19-14-26(15-20-30)16-21-31(37)36(24-27-12-17-29(41-4)18-13-27)32(28-10-7-6-8-11-28)33(38)34-22-9-23-42-25(2)3/h6-8,10-15,17-20,25,32,35H,5,9,16,21-24H2,1-4H3,(H,34,38)/t32-/m0/s1. The molecule has 2 N–H and O–H groups in total. The maximum absolute atomic E-state index is 13.9. The molecule has 0 fully saturated rings. The first kappa shape index (κ1) is 33.8. The molecule has 2 amide bonds. The highest BCUT2D eigenvalue weighted by Gasteiger charge is 2.31. The Kier molecular flexibility index (Phi) is 13.2. The summed E-state index contributed by atoms with van der Waals surface area (Å²) in [5.74, 6) is 0.227. The van der Waals surface area contributed by atoms with E-state index in [1.807, 2.05) is 68.4 Å². The Labute approximate surface area is 255 Å². The summed E-state index contributed by atoms with van der Waals surface area (Å²) in [7, 11) is -1.97. The monoisotopic (exact) mass is 609 g/mol. The van der Waals surface area contributed by atoms with E-state index >= 15 is 0 Å².